The van der Waals surface area contributed by atoms with Crippen LogP contribution in [0.3, 0.4) is 0 Å². The van der Waals surface area contributed by atoms with Crippen LogP contribution in [-0.4, -0.2) is 45.7 Å². The van der Waals surface area contributed by atoms with Crippen molar-refractivity contribution in [3.05, 3.63) is 0 Å². The van der Waals surface area contributed by atoms with Crippen LogP contribution in [0, 0.1) is 0 Å². The second-order valence-electron chi connectivity index (χ2n) is 2.67. The topological polar surface area (TPSA) is 87.0 Å². The van der Waals surface area contributed by atoms with Crippen molar-refractivity contribution in [2.75, 3.05) is 6.61 Å². The van der Waals surface area contributed by atoms with Crippen LogP contribution in [0.4, 0.5) is 0 Å². The molecule has 0 aromatic carbocycles. The first kappa shape index (κ1) is 8.61. The molecule has 1 aliphatic rings. The molecule has 0 aromatic heterocycles. The number of Topliss-reactive ketones (excluding diaryl/α,β-unsaturated/α-hetero) is 1. The van der Waals surface area contributed by atoms with Crippen LogP contribution in [0.5, 0.6) is 0 Å². The van der Waals surface area contributed by atoms with Gasteiger partial charge in [0.05, 0.1) is 6.61 Å². The Morgan fingerprint density at radius 1 is 1.64 bits per heavy atom. The number of hydrogen-bond donors (Lipinski definition) is 3. The van der Waals surface area contributed by atoms with Gasteiger partial charge in [0, 0.05) is 0 Å². The largest absolute Gasteiger partial charge is 0.388 e. The van der Waals surface area contributed by atoms with E-state index in [1.165, 1.54) is 0 Å². The van der Waals surface area contributed by atoms with E-state index in [1.54, 1.807) is 0 Å². The molecular formula is C6H10O5. The summed E-state index contributed by atoms with van der Waals surface area (Å²) < 4.78 is 4.56. The van der Waals surface area contributed by atoms with E-state index in [0.29, 0.717) is 0 Å². The number of hydrogen-bond acceptors (Lipinski definition) is 5. The van der Waals surface area contributed by atoms with E-state index in [2.05, 4.69) is 4.74 Å². The zero-order chi connectivity index (χ0) is 8.65. The normalized spacial score (nSPS) is 46.0. The third-order valence-electron chi connectivity index (χ3n) is 1.63. The second-order valence-corrected chi connectivity index (χ2v) is 2.67. The maximum atomic E-state index is 10.9. The standard InChI is InChI=1S/C6H10O5/c1-6(10)5(9)4(8)3(7)2-11-6/h3-4,7-8,10H,2H2,1H3. The molecule has 11 heavy (non-hydrogen) atoms. The van der Waals surface area contributed by atoms with E-state index in [9.17, 15) is 4.79 Å². The van der Waals surface area contributed by atoms with Crippen molar-refractivity contribution in [1.82, 2.24) is 0 Å². The van der Waals surface area contributed by atoms with Gasteiger partial charge in [0.25, 0.3) is 0 Å². The average molecular weight is 162 g/mol. The number of carbonyl (C=O) groups excluding carboxylic acids is 1. The Bertz CT molecular complexity index is 176. The summed E-state index contributed by atoms with van der Waals surface area (Å²) in [7, 11) is 0. The molecule has 3 N–H and O–H groups in total. The monoisotopic (exact) mass is 162 g/mol. The SMILES string of the molecule is CC1(O)OCC(O)C(O)C1=O. The molecular weight excluding hydrogens is 152 g/mol. The summed E-state index contributed by atoms with van der Waals surface area (Å²) in [5.41, 5.74) is 0. The minimum Gasteiger partial charge on any atom is -0.388 e. The number of carbonyl (C=O) groups is 1. The van der Waals surface area contributed by atoms with E-state index >= 15 is 0 Å². The van der Waals surface area contributed by atoms with Crippen molar-refractivity contribution in [2.45, 2.75) is 24.9 Å². The summed E-state index contributed by atoms with van der Waals surface area (Å²) in [5, 5.41) is 26.9. The summed E-state index contributed by atoms with van der Waals surface area (Å²) in [6.45, 7) is 0.893. The highest BCUT2D eigenvalue weighted by Gasteiger charge is 2.44. The average Bonchev–Trinajstić information content (AvgIpc) is 1.95. The molecule has 3 atom stereocenters. The van der Waals surface area contributed by atoms with Gasteiger partial charge in [-0.25, -0.2) is 0 Å². The molecule has 5 heteroatoms. The Labute approximate surface area is 63.2 Å². The van der Waals surface area contributed by atoms with Gasteiger partial charge in [-0.3, -0.25) is 4.79 Å². The highest BCUT2D eigenvalue weighted by atomic mass is 16.6. The first-order valence-corrected chi connectivity index (χ1v) is 3.22. The summed E-state index contributed by atoms with van der Waals surface area (Å²) in [4.78, 5) is 10.9. The van der Waals surface area contributed by atoms with Crippen molar-refractivity contribution >= 4 is 5.78 Å². The van der Waals surface area contributed by atoms with Gasteiger partial charge >= 0.3 is 0 Å². The zero-order valence-electron chi connectivity index (χ0n) is 6.02. The smallest absolute Gasteiger partial charge is 0.226 e. The lowest BCUT2D eigenvalue weighted by Gasteiger charge is -2.32. The van der Waals surface area contributed by atoms with Crippen LogP contribution >= 0.6 is 0 Å². The quantitative estimate of drug-likeness (QED) is 0.384. The lowest BCUT2D eigenvalue weighted by molar-refractivity contribution is -0.238. The van der Waals surface area contributed by atoms with Gasteiger partial charge < -0.3 is 20.1 Å². The highest BCUT2D eigenvalue weighted by molar-refractivity contribution is 5.90. The lowest BCUT2D eigenvalue weighted by atomic mass is 10.0. The van der Waals surface area contributed by atoms with Gasteiger partial charge in [-0.1, -0.05) is 0 Å². The van der Waals surface area contributed by atoms with Crippen LogP contribution in [0.25, 0.3) is 0 Å². The van der Waals surface area contributed by atoms with Crippen molar-refractivity contribution in [2.24, 2.45) is 0 Å². The molecule has 0 aliphatic carbocycles. The number of aliphatic hydroxyl groups is 3. The van der Waals surface area contributed by atoms with E-state index in [-0.39, 0.29) is 6.61 Å². The number of rotatable bonds is 0. The molecule has 0 aromatic rings. The minimum absolute atomic E-state index is 0.236. The molecule has 5 nitrogen and oxygen atoms in total. The van der Waals surface area contributed by atoms with E-state index in [1.807, 2.05) is 0 Å². The Hall–Kier alpha value is -0.490. The Kier molecular flexibility index (Phi) is 1.98. The van der Waals surface area contributed by atoms with Crippen LogP contribution in [0.15, 0.2) is 0 Å². The van der Waals surface area contributed by atoms with Gasteiger partial charge in [0.1, 0.15) is 12.2 Å². The first-order chi connectivity index (χ1) is 4.95. The fourth-order valence-corrected chi connectivity index (χ4v) is 0.859. The molecule has 0 amide bonds. The third-order valence-corrected chi connectivity index (χ3v) is 1.63. The molecule has 1 rings (SSSR count). The Morgan fingerprint density at radius 3 is 2.64 bits per heavy atom. The third kappa shape index (κ3) is 1.41. The highest BCUT2D eigenvalue weighted by Crippen LogP contribution is 2.18. The molecule has 0 radical (unpaired) electrons. The van der Waals surface area contributed by atoms with Gasteiger partial charge in [0.2, 0.25) is 11.6 Å². The zero-order valence-corrected chi connectivity index (χ0v) is 6.02. The van der Waals surface area contributed by atoms with Crippen LogP contribution in [0.1, 0.15) is 6.92 Å². The maximum Gasteiger partial charge on any atom is 0.226 e. The maximum absolute atomic E-state index is 10.9. The van der Waals surface area contributed by atoms with Gasteiger partial charge in [-0.15, -0.1) is 0 Å². The van der Waals surface area contributed by atoms with E-state index in [0.717, 1.165) is 6.92 Å². The summed E-state index contributed by atoms with van der Waals surface area (Å²) >= 11 is 0. The molecule has 1 aliphatic heterocycles. The number of ether oxygens (including phenoxy) is 1. The van der Waals surface area contributed by atoms with E-state index < -0.39 is 23.8 Å². The van der Waals surface area contributed by atoms with Gasteiger partial charge in [-0.05, 0) is 6.92 Å². The Balaban J connectivity index is 2.76. The van der Waals surface area contributed by atoms with Crippen LogP contribution < -0.4 is 0 Å². The first-order valence-electron chi connectivity index (χ1n) is 3.22. The van der Waals surface area contributed by atoms with E-state index in [4.69, 9.17) is 15.3 Å². The molecule has 1 fully saturated rings. The van der Waals surface area contributed by atoms with Crippen LogP contribution in [0.2, 0.25) is 0 Å². The summed E-state index contributed by atoms with van der Waals surface area (Å²) in [6.07, 6.45) is -2.78. The number of aliphatic hydroxyl groups excluding tert-OH is 2. The Morgan fingerprint density at radius 2 is 2.18 bits per heavy atom. The molecule has 0 saturated carbocycles. The molecule has 64 valence electrons. The van der Waals surface area contributed by atoms with Crippen molar-refractivity contribution in [3.63, 3.8) is 0 Å². The fourth-order valence-electron chi connectivity index (χ4n) is 0.859. The summed E-state index contributed by atoms with van der Waals surface area (Å²) in [6, 6.07) is 0. The van der Waals surface area contributed by atoms with Crippen molar-refractivity contribution in [3.8, 4) is 0 Å². The second kappa shape index (κ2) is 2.53. The molecule has 0 bridgehead atoms. The predicted octanol–water partition coefficient (Wildman–Crippen LogP) is -1.98. The van der Waals surface area contributed by atoms with Crippen LogP contribution in [-0.2, 0) is 9.53 Å². The van der Waals surface area contributed by atoms with Gasteiger partial charge in [-0.2, -0.15) is 0 Å². The molecule has 1 heterocycles. The summed E-state index contributed by atoms with van der Waals surface area (Å²) in [5.74, 6) is -2.87. The predicted molar refractivity (Wildman–Crippen MR) is 33.6 cm³/mol. The molecule has 3 unspecified atom stereocenters. The molecule has 0 spiro atoms. The van der Waals surface area contributed by atoms with Gasteiger partial charge in [0.15, 0.2) is 0 Å². The molecule has 1 saturated heterocycles. The van der Waals surface area contributed by atoms with Crippen molar-refractivity contribution < 1.29 is 24.9 Å². The fraction of sp³-hybridized carbons (Fsp3) is 0.833. The number of ketones is 1. The lowest BCUT2D eigenvalue weighted by Crippen LogP contribution is -2.56. The minimum atomic E-state index is -1.96. The van der Waals surface area contributed by atoms with Crippen molar-refractivity contribution in [1.29, 1.82) is 0 Å².